The summed E-state index contributed by atoms with van der Waals surface area (Å²) in [5, 5.41) is 14.3. The molecule has 3 heterocycles. The third-order valence-electron chi connectivity index (χ3n) is 5.84. The average molecular weight is 487 g/mol. The van der Waals surface area contributed by atoms with E-state index >= 15 is 0 Å². The van der Waals surface area contributed by atoms with Crippen molar-refractivity contribution in [3.05, 3.63) is 30.1 Å². The molecule has 2 aliphatic heterocycles. The number of rotatable bonds is 8. The first-order valence-electron chi connectivity index (χ1n) is 11.7. The van der Waals surface area contributed by atoms with E-state index in [9.17, 15) is 14.4 Å². The van der Waals surface area contributed by atoms with Crippen molar-refractivity contribution in [3.8, 4) is 11.4 Å². The molecule has 1 aromatic carbocycles. The third-order valence-corrected chi connectivity index (χ3v) is 6.75. The normalized spacial score (nSPS) is 18.7. The lowest BCUT2D eigenvalue weighted by molar-refractivity contribution is -0.128. The molecule has 0 aliphatic carbocycles. The number of nitrogens with one attached hydrogen (secondary N) is 2. The molecule has 1 atom stereocenters. The molecular formula is C23H30N6O4S. The Labute approximate surface area is 202 Å². The maximum absolute atomic E-state index is 12.8. The van der Waals surface area contributed by atoms with Gasteiger partial charge in [0.05, 0.1) is 12.4 Å². The van der Waals surface area contributed by atoms with Crippen LogP contribution in [0.3, 0.4) is 0 Å². The van der Waals surface area contributed by atoms with Crippen molar-refractivity contribution in [1.29, 1.82) is 0 Å². The van der Waals surface area contributed by atoms with Crippen LogP contribution in [-0.4, -0.2) is 69.0 Å². The van der Waals surface area contributed by atoms with Crippen molar-refractivity contribution < 1.29 is 19.1 Å². The fourth-order valence-corrected chi connectivity index (χ4v) is 5.07. The van der Waals surface area contributed by atoms with E-state index < -0.39 is 6.03 Å². The summed E-state index contributed by atoms with van der Waals surface area (Å²) >= 11 is 1.35. The molecule has 10 nitrogen and oxygen atoms in total. The SMILES string of the molecule is CCOc1ccc(-n2c(CC3CC(=O)NC(=O)N3)nnc2SCC(=O)N2CCCCCC2)cc1. The third kappa shape index (κ3) is 6.07. The monoisotopic (exact) mass is 486 g/mol. The quantitative estimate of drug-likeness (QED) is 0.550. The zero-order valence-corrected chi connectivity index (χ0v) is 20.1. The van der Waals surface area contributed by atoms with E-state index in [4.69, 9.17) is 4.74 Å². The topological polar surface area (TPSA) is 118 Å². The Morgan fingerprint density at radius 1 is 1.12 bits per heavy atom. The van der Waals surface area contributed by atoms with Crippen LogP contribution < -0.4 is 15.4 Å². The van der Waals surface area contributed by atoms with Gasteiger partial charge in [-0.3, -0.25) is 19.5 Å². The van der Waals surface area contributed by atoms with Gasteiger partial charge in [0, 0.05) is 37.7 Å². The maximum atomic E-state index is 12.8. The highest BCUT2D eigenvalue weighted by Gasteiger charge is 2.27. The molecule has 0 spiro atoms. The van der Waals surface area contributed by atoms with Crippen LogP contribution in [0.4, 0.5) is 4.79 Å². The number of aromatic nitrogens is 3. The number of hydrogen-bond acceptors (Lipinski definition) is 7. The van der Waals surface area contributed by atoms with Gasteiger partial charge in [0.15, 0.2) is 5.16 Å². The molecule has 4 amide bonds. The molecule has 0 bridgehead atoms. The van der Waals surface area contributed by atoms with E-state index in [1.54, 1.807) is 0 Å². The smallest absolute Gasteiger partial charge is 0.321 e. The highest BCUT2D eigenvalue weighted by atomic mass is 32.2. The van der Waals surface area contributed by atoms with Gasteiger partial charge in [-0.15, -0.1) is 10.2 Å². The molecule has 1 unspecified atom stereocenters. The minimum absolute atomic E-state index is 0.103. The van der Waals surface area contributed by atoms with E-state index in [-0.39, 0.29) is 30.0 Å². The molecule has 0 saturated carbocycles. The molecule has 1 aromatic heterocycles. The standard InChI is InChI=1S/C23H30N6O4S/c1-2-33-18-9-7-17(8-10-18)29-19(13-16-14-20(30)25-22(32)24-16)26-27-23(29)34-15-21(31)28-11-5-3-4-6-12-28/h7-10,16H,2-6,11-15H2,1H3,(H2,24,25,30,32). The first-order valence-corrected chi connectivity index (χ1v) is 12.7. The van der Waals surface area contributed by atoms with Crippen molar-refractivity contribution in [1.82, 2.24) is 30.3 Å². The van der Waals surface area contributed by atoms with E-state index in [2.05, 4.69) is 20.8 Å². The highest BCUT2D eigenvalue weighted by molar-refractivity contribution is 7.99. The number of carbonyl (C=O) groups excluding carboxylic acids is 3. The first-order chi connectivity index (χ1) is 16.5. The number of urea groups is 1. The van der Waals surface area contributed by atoms with Crippen molar-refractivity contribution in [2.24, 2.45) is 0 Å². The van der Waals surface area contributed by atoms with Crippen LogP contribution in [0.1, 0.15) is 44.9 Å². The Bertz CT molecular complexity index is 1000. The second-order valence-electron chi connectivity index (χ2n) is 8.37. The Kier molecular flexibility index (Phi) is 8.04. The number of ether oxygens (including phenoxy) is 1. The molecular weight excluding hydrogens is 456 g/mol. The van der Waals surface area contributed by atoms with Gasteiger partial charge < -0.3 is 15.0 Å². The summed E-state index contributed by atoms with van der Waals surface area (Å²) in [5.74, 6) is 1.42. The lowest BCUT2D eigenvalue weighted by Gasteiger charge is -2.23. The lowest BCUT2D eigenvalue weighted by Crippen LogP contribution is -2.53. The van der Waals surface area contributed by atoms with Gasteiger partial charge in [-0.2, -0.15) is 0 Å². The number of amides is 4. The van der Waals surface area contributed by atoms with Crippen molar-refractivity contribution in [2.75, 3.05) is 25.4 Å². The van der Waals surface area contributed by atoms with Gasteiger partial charge in [-0.25, -0.2) is 4.79 Å². The zero-order valence-electron chi connectivity index (χ0n) is 19.3. The molecule has 2 aromatic rings. The van der Waals surface area contributed by atoms with Crippen LogP contribution in [-0.2, 0) is 16.0 Å². The Morgan fingerprint density at radius 3 is 2.53 bits per heavy atom. The van der Waals surface area contributed by atoms with Crippen molar-refractivity contribution >= 4 is 29.6 Å². The summed E-state index contributed by atoms with van der Waals surface area (Å²) in [5.41, 5.74) is 0.819. The van der Waals surface area contributed by atoms with Gasteiger partial charge in [0.1, 0.15) is 11.6 Å². The second kappa shape index (κ2) is 11.4. The van der Waals surface area contributed by atoms with Crippen LogP contribution >= 0.6 is 11.8 Å². The molecule has 2 saturated heterocycles. The van der Waals surface area contributed by atoms with E-state index in [0.717, 1.165) is 37.4 Å². The van der Waals surface area contributed by atoms with Gasteiger partial charge in [0.2, 0.25) is 11.8 Å². The van der Waals surface area contributed by atoms with Crippen LogP contribution in [0.2, 0.25) is 0 Å². The van der Waals surface area contributed by atoms with Gasteiger partial charge in [-0.05, 0) is 44.0 Å². The number of nitrogens with zero attached hydrogens (tertiary/aromatic N) is 4. The Balaban J connectivity index is 1.54. The zero-order chi connectivity index (χ0) is 23.9. The molecule has 2 N–H and O–H groups in total. The number of likely N-dealkylation sites (tertiary alicyclic amines) is 1. The number of imide groups is 1. The molecule has 0 radical (unpaired) electrons. The first kappa shape index (κ1) is 24.1. The fourth-order valence-electron chi connectivity index (χ4n) is 4.20. The highest BCUT2D eigenvalue weighted by Crippen LogP contribution is 2.25. The van der Waals surface area contributed by atoms with Crippen LogP contribution in [0, 0.1) is 0 Å². The summed E-state index contributed by atoms with van der Waals surface area (Å²) in [6, 6.07) is 6.66. The van der Waals surface area contributed by atoms with Crippen LogP contribution in [0.25, 0.3) is 5.69 Å². The van der Waals surface area contributed by atoms with Gasteiger partial charge >= 0.3 is 6.03 Å². The maximum Gasteiger partial charge on any atom is 0.321 e. The van der Waals surface area contributed by atoms with E-state index in [0.29, 0.717) is 24.0 Å². The predicted molar refractivity (Wildman–Crippen MR) is 127 cm³/mol. The Hall–Kier alpha value is -3.08. The van der Waals surface area contributed by atoms with Crippen molar-refractivity contribution in [3.63, 3.8) is 0 Å². The lowest BCUT2D eigenvalue weighted by atomic mass is 10.1. The summed E-state index contributed by atoms with van der Waals surface area (Å²) in [4.78, 5) is 38.3. The van der Waals surface area contributed by atoms with E-state index in [1.165, 1.54) is 24.6 Å². The van der Waals surface area contributed by atoms with E-state index in [1.807, 2.05) is 40.7 Å². The summed E-state index contributed by atoms with van der Waals surface area (Å²) < 4.78 is 7.44. The summed E-state index contributed by atoms with van der Waals surface area (Å²) in [7, 11) is 0. The fraction of sp³-hybridized carbons (Fsp3) is 0.522. The van der Waals surface area contributed by atoms with Crippen LogP contribution in [0.5, 0.6) is 5.75 Å². The van der Waals surface area contributed by atoms with Gasteiger partial charge in [0.25, 0.3) is 0 Å². The number of benzene rings is 1. The number of hydrogen-bond donors (Lipinski definition) is 2. The molecule has 182 valence electrons. The summed E-state index contributed by atoms with van der Waals surface area (Å²) in [6.07, 6.45) is 4.93. The summed E-state index contributed by atoms with van der Waals surface area (Å²) in [6.45, 7) is 4.11. The average Bonchev–Trinajstić information content (AvgIpc) is 3.01. The predicted octanol–water partition coefficient (Wildman–Crippen LogP) is 2.30. The molecule has 2 aliphatic rings. The number of thioether (sulfide) groups is 1. The minimum Gasteiger partial charge on any atom is -0.494 e. The molecule has 11 heteroatoms. The van der Waals surface area contributed by atoms with Crippen LogP contribution in [0.15, 0.2) is 29.4 Å². The molecule has 34 heavy (non-hydrogen) atoms. The van der Waals surface area contributed by atoms with Crippen molar-refractivity contribution in [2.45, 2.75) is 56.6 Å². The minimum atomic E-state index is -0.508. The Morgan fingerprint density at radius 2 is 1.85 bits per heavy atom. The molecule has 4 rings (SSSR count). The second-order valence-corrected chi connectivity index (χ2v) is 9.31. The van der Waals surface area contributed by atoms with Gasteiger partial charge in [-0.1, -0.05) is 24.6 Å². The largest absolute Gasteiger partial charge is 0.494 e. The number of carbonyl (C=O) groups is 3. The molecule has 2 fully saturated rings.